The van der Waals surface area contributed by atoms with Crippen molar-refractivity contribution in [3.8, 4) is 0 Å². The van der Waals surface area contributed by atoms with Crippen molar-refractivity contribution < 1.29 is 14.3 Å². The zero-order chi connectivity index (χ0) is 15.1. The average Bonchev–Trinajstić information content (AvgIpc) is 2.39. The van der Waals surface area contributed by atoms with E-state index in [1.54, 1.807) is 0 Å². The maximum absolute atomic E-state index is 11.1. The van der Waals surface area contributed by atoms with Crippen LogP contribution in [0.15, 0.2) is 0 Å². The Hall–Kier alpha value is -0.860. The Morgan fingerprint density at radius 1 is 0.700 bits per heavy atom. The van der Waals surface area contributed by atoms with E-state index in [9.17, 15) is 9.59 Å². The second-order valence-corrected chi connectivity index (χ2v) is 5.60. The summed E-state index contributed by atoms with van der Waals surface area (Å²) in [6, 6.07) is 0. The van der Waals surface area contributed by atoms with Gasteiger partial charge < -0.3 is 4.74 Å². The second kappa shape index (κ2) is 14.5. The molecule has 0 rings (SSSR count). The van der Waals surface area contributed by atoms with Crippen LogP contribution in [0.4, 0.5) is 0 Å². The number of rotatable bonds is 13. The van der Waals surface area contributed by atoms with E-state index in [0.717, 1.165) is 12.8 Å². The molecule has 118 valence electrons. The molecule has 0 amide bonds. The van der Waals surface area contributed by atoms with Gasteiger partial charge in [-0.3, -0.25) is 9.59 Å². The Labute approximate surface area is 124 Å². The lowest BCUT2D eigenvalue weighted by atomic mass is 10.0. The number of carbonyl (C=O) groups excluding carboxylic acids is 2. The molecule has 0 atom stereocenters. The molecule has 0 radical (unpaired) electrons. The lowest BCUT2D eigenvalue weighted by molar-refractivity contribution is -0.158. The summed E-state index contributed by atoms with van der Waals surface area (Å²) in [7, 11) is 0. The normalized spacial score (nSPS) is 10.5. The van der Waals surface area contributed by atoms with E-state index in [1.165, 1.54) is 71.1 Å². The first-order valence-corrected chi connectivity index (χ1v) is 8.38. The Morgan fingerprint density at radius 3 is 1.50 bits per heavy atom. The Balaban J connectivity index is 3.09. The highest BCUT2D eigenvalue weighted by Gasteiger charge is 2.04. The van der Waals surface area contributed by atoms with Gasteiger partial charge in [0, 0.05) is 13.3 Å². The van der Waals surface area contributed by atoms with Crippen molar-refractivity contribution in [1.82, 2.24) is 0 Å². The van der Waals surface area contributed by atoms with E-state index in [0.29, 0.717) is 6.42 Å². The molecule has 0 spiro atoms. The second-order valence-electron chi connectivity index (χ2n) is 5.60. The monoisotopic (exact) mass is 284 g/mol. The molecule has 20 heavy (non-hydrogen) atoms. The first-order chi connectivity index (χ1) is 9.66. The van der Waals surface area contributed by atoms with Gasteiger partial charge in [0.2, 0.25) is 0 Å². The van der Waals surface area contributed by atoms with E-state index in [2.05, 4.69) is 11.7 Å². The first kappa shape index (κ1) is 19.1. The van der Waals surface area contributed by atoms with Crippen LogP contribution in [0.1, 0.15) is 97.3 Å². The molecule has 0 aliphatic heterocycles. The molecule has 0 aromatic rings. The molecule has 3 heteroatoms. The van der Waals surface area contributed by atoms with Crippen molar-refractivity contribution >= 4 is 11.9 Å². The molecule has 0 saturated heterocycles. The van der Waals surface area contributed by atoms with Crippen LogP contribution < -0.4 is 0 Å². The van der Waals surface area contributed by atoms with Crippen molar-refractivity contribution in [2.24, 2.45) is 0 Å². The van der Waals surface area contributed by atoms with Crippen LogP contribution in [0.3, 0.4) is 0 Å². The van der Waals surface area contributed by atoms with Gasteiger partial charge in [-0.1, -0.05) is 77.6 Å². The zero-order valence-corrected chi connectivity index (χ0v) is 13.4. The molecule has 0 bridgehead atoms. The lowest BCUT2D eigenvalue weighted by Crippen LogP contribution is -2.08. The molecule has 0 saturated carbocycles. The van der Waals surface area contributed by atoms with Crippen LogP contribution in [0.5, 0.6) is 0 Å². The predicted octanol–water partition coefficient (Wildman–Crippen LogP) is 5.17. The molecule has 3 nitrogen and oxygen atoms in total. The molecule has 0 aliphatic rings. The summed E-state index contributed by atoms with van der Waals surface area (Å²) >= 11 is 0. The summed E-state index contributed by atoms with van der Waals surface area (Å²) < 4.78 is 4.47. The molecular formula is C17H32O3. The van der Waals surface area contributed by atoms with Crippen molar-refractivity contribution in [1.29, 1.82) is 0 Å². The smallest absolute Gasteiger partial charge is 0.313 e. The van der Waals surface area contributed by atoms with Crippen LogP contribution in [0.25, 0.3) is 0 Å². The minimum atomic E-state index is -0.506. The highest BCUT2D eigenvalue weighted by molar-refractivity contribution is 5.83. The van der Waals surface area contributed by atoms with Gasteiger partial charge in [0.05, 0.1) is 0 Å². The van der Waals surface area contributed by atoms with Gasteiger partial charge in [0.25, 0.3) is 0 Å². The number of ether oxygens (including phenoxy) is 1. The van der Waals surface area contributed by atoms with Gasteiger partial charge in [-0.05, 0) is 6.42 Å². The van der Waals surface area contributed by atoms with Crippen LogP contribution in [-0.2, 0) is 14.3 Å². The quantitative estimate of drug-likeness (QED) is 0.266. The SMILES string of the molecule is CCCCCCCCCCCCCCC(=O)OC(C)=O. The van der Waals surface area contributed by atoms with Crippen molar-refractivity contribution in [2.75, 3.05) is 0 Å². The molecule has 0 aliphatic carbocycles. The molecule has 0 unspecified atom stereocenters. The van der Waals surface area contributed by atoms with Crippen LogP contribution in [-0.4, -0.2) is 11.9 Å². The van der Waals surface area contributed by atoms with Gasteiger partial charge in [0.1, 0.15) is 0 Å². The average molecular weight is 284 g/mol. The van der Waals surface area contributed by atoms with Crippen LogP contribution >= 0.6 is 0 Å². The maximum atomic E-state index is 11.1. The van der Waals surface area contributed by atoms with Gasteiger partial charge in [-0.2, -0.15) is 0 Å². The number of hydrogen-bond donors (Lipinski definition) is 0. The van der Waals surface area contributed by atoms with E-state index >= 15 is 0 Å². The first-order valence-electron chi connectivity index (χ1n) is 8.38. The highest BCUT2D eigenvalue weighted by atomic mass is 16.6. The summed E-state index contributed by atoms with van der Waals surface area (Å²) in [6.45, 7) is 3.51. The standard InChI is InChI=1S/C17H32O3/c1-3-4-5-6-7-8-9-10-11-12-13-14-15-17(19)20-16(2)18/h3-15H2,1-2H3. The number of unbranched alkanes of at least 4 members (excludes halogenated alkanes) is 11. The van der Waals surface area contributed by atoms with Gasteiger partial charge in [-0.25, -0.2) is 0 Å². The molecule has 0 fully saturated rings. The summed E-state index contributed by atoms with van der Waals surface area (Å²) in [5.41, 5.74) is 0. The third-order valence-corrected chi connectivity index (χ3v) is 3.49. The molecular weight excluding hydrogens is 252 g/mol. The third kappa shape index (κ3) is 15.2. The largest absolute Gasteiger partial charge is 0.393 e. The molecule has 0 N–H and O–H groups in total. The summed E-state index contributed by atoms with van der Waals surface area (Å²) in [4.78, 5) is 21.6. The van der Waals surface area contributed by atoms with Gasteiger partial charge in [-0.15, -0.1) is 0 Å². The fraction of sp³-hybridized carbons (Fsp3) is 0.882. The van der Waals surface area contributed by atoms with E-state index in [-0.39, 0.29) is 5.97 Å². The highest BCUT2D eigenvalue weighted by Crippen LogP contribution is 2.12. The van der Waals surface area contributed by atoms with Crippen molar-refractivity contribution in [2.45, 2.75) is 97.3 Å². The minimum Gasteiger partial charge on any atom is -0.393 e. The fourth-order valence-electron chi connectivity index (χ4n) is 2.32. The predicted molar refractivity (Wildman–Crippen MR) is 82.5 cm³/mol. The van der Waals surface area contributed by atoms with E-state index in [4.69, 9.17) is 0 Å². The number of esters is 2. The molecule has 0 heterocycles. The third-order valence-electron chi connectivity index (χ3n) is 3.49. The topological polar surface area (TPSA) is 43.4 Å². The fourth-order valence-corrected chi connectivity index (χ4v) is 2.32. The van der Waals surface area contributed by atoms with Crippen molar-refractivity contribution in [3.63, 3.8) is 0 Å². The van der Waals surface area contributed by atoms with Crippen LogP contribution in [0, 0.1) is 0 Å². The van der Waals surface area contributed by atoms with Gasteiger partial charge in [0.15, 0.2) is 0 Å². The Kier molecular flexibility index (Phi) is 13.9. The number of carbonyl (C=O) groups is 2. The van der Waals surface area contributed by atoms with Crippen LogP contribution in [0.2, 0.25) is 0 Å². The summed E-state index contributed by atoms with van der Waals surface area (Å²) in [5, 5.41) is 0. The number of hydrogen-bond acceptors (Lipinski definition) is 3. The summed E-state index contributed by atoms with van der Waals surface area (Å²) in [5.74, 6) is -0.890. The summed E-state index contributed by atoms with van der Waals surface area (Å²) in [6.07, 6.45) is 15.6. The van der Waals surface area contributed by atoms with E-state index < -0.39 is 5.97 Å². The van der Waals surface area contributed by atoms with Gasteiger partial charge >= 0.3 is 11.9 Å². The molecule has 0 aromatic heterocycles. The Bertz CT molecular complexity index is 249. The Morgan fingerprint density at radius 2 is 1.10 bits per heavy atom. The zero-order valence-electron chi connectivity index (χ0n) is 13.4. The maximum Gasteiger partial charge on any atom is 0.313 e. The van der Waals surface area contributed by atoms with E-state index in [1.807, 2.05) is 0 Å². The lowest BCUT2D eigenvalue weighted by Gasteiger charge is -2.03. The molecule has 0 aromatic carbocycles. The van der Waals surface area contributed by atoms with Crippen molar-refractivity contribution in [3.05, 3.63) is 0 Å². The minimum absolute atomic E-state index is 0.372.